The number of thioether (sulfide) groups is 1. The van der Waals surface area contributed by atoms with Crippen LogP contribution in [0.15, 0.2) is 12.1 Å². The van der Waals surface area contributed by atoms with E-state index in [-0.39, 0.29) is 17.4 Å². The summed E-state index contributed by atoms with van der Waals surface area (Å²) >= 11 is 7.84. The number of pyridine rings is 1. The highest BCUT2D eigenvalue weighted by Gasteiger charge is 2.19. The van der Waals surface area contributed by atoms with Gasteiger partial charge in [-0.15, -0.1) is 0 Å². The van der Waals surface area contributed by atoms with E-state index in [4.69, 9.17) is 11.6 Å². The molecule has 1 aromatic heterocycles. The Morgan fingerprint density at radius 1 is 1.45 bits per heavy atom. The Balaban J connectivity index is 2.85. The van der Waals surface area contributed by atoms with Gasteiger partial charge in [0.25, 0.3) is 5.91 Å². The fraction of sp³-hybridized carbons (Fsp3) is 0.600. The van der Waals surface area contributed by atoms with Crippen molar-refractivity contribution in [2.75, 3.05) is 11.5 Å². The van der Waals surface area contributed by atoms with E-state index in [9.17, 15) is 4.79 Å². The van der Waals surface area contributed by atoms with Gasteiger partial charge in [0.15, 0.2) is 0 Å². The van der Waals surface area contributed by atoms with Crippen molar-refractivity contribution >= 4 is 29.3 Å². The number of halogens is 1. The lowest BCUT2D eigenvalue weighted by Gasteiger charge is -2.19. The second-order valence-electron chi connectivity index (χ2n) is 5.85. The van der Waals surface area contributed by atoms with Crippen LogP contribution in [0.1, 0.15) is 50.7 Å². The lowest BCUT2D eigenvalue weighted by Crippen LogP contribution is -2.34. The SMILES string of the molecule is CCSCC(C)NC(=O)c1cc(Cl)nc(C(C)(C)C)c1. The molecular weight excluding hydrogens is 292 g/mol. The van der Waals surface area contributed by atoms with Crippen LogP contribution in [-0.4, -0.2) is 28.4 Å². The Hall–Kier alpha value is -0.740. The highest BCUT2D eigenvalue weighted by atomic mass is 35.5. The molecule has 0 bridgehead atoms. The van der Waals surface area contributed by atoms with Gasteiger partial charge in [-0.3, -0.25) is 4.79 Å². The third kappa shape index (κ3) is 5.33. The molecule has 0 aliphatic carbocycles. The molecule has 1 amide bonds. The summed E-state index contributed by atoms with van der Waals surface area (Å²) in [6, 6.07) is 3.57. The second-order valence-corrected chi connectivity index (χ2v) is 7.55. The Morgan fingerprint density at radius 2 is 2.10 bits per heavy atom. The van der Waals surface area contributed by atoms with Gasteiger partial charge in [0.1, 0.15) is 5.15 Å². The summed E-state index contributed by atoms with van der Waals surface area (Å²) in [5.74, 6) is 1.87. The van der Waals surface area contributed by atoms with Gasteiger partial charge in [-0.25, -0.2) is 4.98 Å². The normalized spacial score (nSPS) is 13.1. The molecule has 20 heavy (non-hydrogen) atoms. The topological polar surface area (TPSA) is 42.0 Å². The van der Waals surface area contributed by atoms with Crippen molar-refractivity contribution < 1.29 is 4.79 Å². The molecule has 1 atom stereocenters. The molecule has 0 aliphatic heterocycles. The number of carbonyl (C=O) groups is 1. The van der Waals surface area contributed by atoms with E-state index < -0.39 is 0 Å². The number of rotatable bonds is 5. The number of amides is 1. The second kappa shape index (κ2) is 7.32. The number of aromatic nitrogens is 1. The van der Waals surface area contributed by atoms with Crippen molar-refractivity contribution in [1.29, 1.82) is 0 Å². The third-order valence-electron chi connectivity index (χ3n) is 2.77. The molecular formula is C15H23ClN2OS. The van der Waals surface area contributed by atoms with Gasteiger partial charge in [0, 0.05) is 28.5 Å². The Kier molecular flexibility index (Phi) is 6.34. The Labute approximate surface area is 130 Å². The number of hydrogen-bond acceptors (Lipinski definition) is 3. The number of nitrogens with one attached hydrogen (secondary N) is 1. The predicted octanol–water partition coefficient (Wildman–Crippen LogP) is 3.90. The molecule has 1 N–H and O–H groups in total. The number of nitrogens with zero attached hydrogens (tertiary/aromatic N) is 1. The van der Waals surface area contributed by atoms with Crippen LogP contribution < -0.4 is 5.32 Å². The lowest BCUT2D eigenvalue weighted by atomic mass is 9.91. The van der Waals surface area contributed by atoms with E-state index >= 15 is 0 Å². The van der Waals surface area contributed by atoms with E-state index in [0.29, 0.717) is 10.7 Å². The van der Waals surface area contributed by atoms with Crippen LogP contribution >= 0.6 is 23.4 Å². The van der Waals surface area contributed by atoms with Crippen LogP contribution in [0.5, 0.6) is 0 Å². The van der Waals surface area contributed by atoms with Gasteiger partial charge in [-0.05, 0) is 24.8 Å². The monoisotopic (exact) mass is 314 g/mol. The van der Waals surface area contributed by atoms with Crippen LogP contribution in [0.3, 0.4) is 0 Å². The summed E-state index contributed by atoms with van der Waals surface area (Å²) in [5.41, 5.74) is 1.26. The van der Waals surface area contributed by atoms with Crippen molar-refractivity contribution in [3.8, 4) is 0 Å². The molecule has 0 saturated heterocycles. The van der Waals surface area contributed by atoms with Crippen LogP contribution in [0, 0.1) is 0 Å². The Bertz CT molecular complexity index is 471. The summed E-state index contributed by atoms with van der Waals surface area (Å²) in [7, 11) is 0. The van der Waals surface area contributed by atoms with Crippen LogP contribution in [-0.2, 0) is 5.41 Å². The first-order valence-corrected chi connectivity index (χ1v) is 8.34. The molecule has 1 unspecified atom stereocenters. The molecule has 0 fully saturated rings. The first-order chi connectivity index (χ1) is 9.24. The van der Waals surface area contributed by atoms with Crippen molar-refractivity contribution in [2.45, 2.75) is 46.1 Å². The van der Waals surface area contributed by atoms with Gasteiger partial charge >= 0.3 is 0 Å². The molecule has 0 radical (unpaired) electrons. The molecule has 1 heterocycles. The van der Waals surface area contributed by atoms with Crippen LogP contribution in [0.2, 0.25) is 5.15 Å². The van der Waals surface area contributed by atoms with Crippen molar-refractivity contribution in [3.05, 3.63) is 28.5 Å². The minimum absolute atomic E-state index is 0.0935. The van der Waals surface area contributed by atoms with Crippen molar-refractivity contribution in [3.63, 3.8) is 0 Å². The third-order valence-corrected chi connectivity index (χ3v) is 4.11. The fourth-order valence-corrected chi connectivity index (χ4v) is 2.54. The Morgan fingerprint density at radius 3 is 2.65 bits per heavy atom. The summed E-state index contributed by atoms with van der Waals surface area (Å²) in [6.45, 7) is 10.3. The number of carbonyl (C=O) groups excluding carboxylic acids is 1. The lowest BCUT2D eigenvalue weighted by molar-refractivity contribution is 0.0943. The van der Waals surface area contributed by atoms with E-state index in [0.717, 1.165) is 17.2 Å². The predicted molar refractivity (Wildman–Crippen MR) is 87.9 cm³/mol. The van der Waals surface area contributed by atoms with Gasteiger partial charge in [-0.2, -0.15) is 11.8 Å². The van der Waals surface area contributed by atoms with Crippen molar-refractivity contribution in [2.24, 2.45) is 0 Å². The van der Waals surface area contributed by atoms with Crippen LogP contribution in [0.4, 0.5) is 0 Å². The zero-order valence-electron chi connectivity index (χ0n) is 12.8. The summed E-state index contributed by atoms with van der Waals surface area (Å²) in [5, 5.41) is 3.35. The largest absolute Gasteiger partial charge is 0.349 e. The average Bonchev–Trinajstić information content (AvgIpc) is 2.34. The molecule has 0 aliphatic rings. The molecule has 112 valence electrons. The van der Waals surface area contributed by atoms with Crippen LogP contribution in [0.25, 0.3) is 0 Å². The van der Waals surface area contributed by atoms with Crippen molar-refractivity contribution in [1.82, 2.24) is 10.3 Å². The molecule has 1 rings (SSSR count). The molecule has 3 nitrogen and oxygen atoms in total. The van der Waals surface area contributed by atoms with Gasteiger partial charge in [0.2, 0.25) is 0 Å². The van der Waals surface area contributed by atoms with E-state index in [2.05, 4.69) is 17.2 Å². The van der Waals surface area contributed by atoms with E-state index in [1.54, 1.807) is 6.07 Å². The van der Waals surface area contributed by atoms with Gasteiger partial charge in [0.05, 0.1) is 0 Å². The molecule has 0 saturated carbocycles. The standard InChI is InChI=1S/C15H23ClN2OS/c1-6-20-9-10(2)17-14(19)11-7-12(15(3,4)5)18-13(16)8-11/h7-8,10H,6,9H2,1-5H3,(H,17,19). The first-order valence-electron chi connectivity index (χ1n) is 6.80. The summed E-state index contributed by atoms with van der Waals surface area (Å²) in [4.78, 5) is 16.5. The molecule has 0 aromatic carbocycles. The summed E-state index contributed by atoms with van der Waals surface area (Å²) < 4.78 is 0. The van der Waals surface area contributed by atoms with Gasteiger partial charge in [-0.1, -0.05) is 39.3 Å². The highest BCUT2D eigenvalue weighted by Crippen LogP contribution is 2.23. The maximum Gasteiger partial charge on any atom is 0.251 e. The molecule has 0 spiro atoms. The highest BCUT2D eigenvalue weighted by molar-refractivity contribution is 7.99. The van der Waals surface area contributed by atoms with E-state index in [1.165, 1.54) is 0 Å². The minimum Gasteiger partial charge on any atom is -0.349 e. The van der Waals surface area contributed by atoms with Gasteiger partial charge < -0.3 is 5.32 Å². The smallest absolute Gasteiger partial charge is 0.251 e. The number of hydrogen-bond donors (Lipinski definition) is 1. The fourth-order valence-electron chi connectivity index (χ4n) is 1.66. The first kappa shape index (κ1) is 17.3. The maximum absolute atomic E-state index is 12.2. The zero-order chi connectivity index (χ0) is 15.3. The minimum atomic E-state index is -0.135. The molecule has 5 heteroatoms. The van der Waals surface area contributed by atoms with E-state index in [1.807, 2.05) is 45.5 Å². The summed E-state index contributed by atoms with van der Waals surface area (Å²) in [6.07, 6.45) is 0. The maximum atomic E-state index is 12.2. The average molecular weight is 315 g/mol. The molecule has 1 aromatic rings. The quantitative estimate of drug-likeness (QED) is 0.838. The zero-order valence-corrected chi connectivity index (χ0v) is 14.4.